The van der Waals surface area contributed by atoms with Gasteiger partial charge in [0.2, 0.25) is 0 Å². The molecule has 1 heterocycles. The number of ether oxygens (including phenoxy) is 4. The van der Waals surface area contributed by atoms with Crippen LogP contribution in [0.15, 0.2) is 24.3 Å². The van der Waals surface area contributed by atoms with Crippen LogP contribution in [0.4, 0.5) is 0 Å². The third-order valence-electron chi connectivity index (χ3n) is 8.09. The highest BCUT2D eigenvalue weighted by atomic mass is 16.7. The van der Waals surface area contributed by atoms with Gasteiger partial charge >= 0.3 is 17.9 Å². The minimum atomic E-state index is -0.796. The standard InChI is InChI=1S/C32H52O8/c1-6-7-19-32(4,5)29(40-31-16-12-13-20-37-31)18-17-26-25(22-38-23(2)33)21-28(39-24(3)34)27(26)14-10-8-9-11-15-30(35)36/h8,10,17-18,25-29,31H,6-7,9,11-16,19-22H2,1-5H3,(H,35,36)/b10-8-,18-17+/t25-,26-,27+,28?,29?,31?/m0/s1. The predicted molar refractivity (Wildman–Crippen MR) is 153 cm³/mol. The Labute approximate surface area is 240 Å². The molecular weight excluding hydrogens is 512 g/mol. The van der Waals surface area contributed by atoms with E-state index in [0.29, 0.717) is 32.3 Å². The maximum absolute atomic E-state index is 12.0. The van der Waals surface area contributed by atoms with E-state index in [9.17, 15) is 14.4 Å². The second-order valence-electron chi connectivity index (χ2n) is 12.0. The molecule has 1 saturated heterocycles. The lowest BCUT2D eigenvalue weighted by atomic mass is 9.79. The summed E-state index contributed by atoms with van der Waals surface area (Å²) >= 11 is 0. The van der Waals surface area contributed by atoms with Crippen molar-refractivity contribution in [2.75, 3.05) is 13.2 Å². The normalized spacial score (nSPS) is 26.3. The summed E-state index contributed by atoms with van der Waals surface area (Å²) in [6.07, 6.45) is 16.7. The summed E-state index contributed by atoms with van der Waals surface area (Å²) in [5, 5.41) is 8.89. The van der Waals surface area contributed by atoms with Gasteiger partial charge in [-0.3, -0.25) is 14.4 Å². The van der Waals surface area contributed by atoms with Gasteiger partial charge in [0, 0.05) is 38.7 Å². The second-order valence-corrected chi connectivity index (χ2v) is 12.0. The van der Waals surface area contributed by atoms with E-state index < -0.39 is 5.97 Å². The van der Waals surface area contributed by atoms with Crippen molar-refractivity contribution in [1.29, 1.82) is 0 Å². The maximum Gasteiger partial charge on any atom is 0.303 e. The number of allylic oxidation sites excluding steroid dienone is 3. The molecule has 2 fully saturated rings. The number of carboxylic acids is 1. The highest BCUT2D eigenvalue weighted by molar-refractivity contribution is 5.67. The summed E-state index contributed by atoms with van der Waals surface area (Å²) in [5.41, 5.74) is -0.105. The number of carboxylic acid groups (broad SMARTS) is 1. The van der Waals surface area contributed by atoms with E-state index in [4.69, 9.17) is 24.1 Å². The number of carbonyl (C=O) groups excluding carboxylic acids is 2. The van der Waals surface area contributed by atoms with Gasteiger partial charge in [0.15, 0.2) is 6.29 Å². The fourth-order valence-corrected chi connectivity index (χ4v) is 5.81. The van der Waals surface area contributed by atoms with Crippen molar-refractivity contribution in [3.8, 4) is 0 Å². The van der Waals surface area contributed by atoms with Crippen LogP contribution in [0.5, 0.6) is 0 Å². The van der Waals surface area contributed by atoms with Crippen molar-refractivity contribution >= 4 is 17.9 Å². The molecular formula is C32H52O8. The van der Waals surface area contributed by atoms with E-state index in [-0.39, 0.29) is 66.6 Å². The van der Waals surface area contributed by atoms with Gasteiger partial charge in [0.25, 0.3) is 0 Å². The van der Waals surface area contributed by atoms with Crippen LogP contribution in [0.25, 0.3) is 0 Å². The molecule has 228 valence electrons. The minimum absolute atomic E-state index is 0.000227. The van der Waals surface area contributed by atoms with Crippen LogP contribution in [0.1, 0.15) is 105 Å². The Kier molecular flexibility index (Phi) is 15.0. The maximum atomic E-state index is 12.0. The van der Waals surface area contributed by atoms with Gasteiger partial charge in [-0.1, -0.05) is 57.9 Å². The fraction of sp³-hybridized carbons (Fsp3) is 0.781. The topological polar surface area (TPSA) is 108 Å². The molecule has 0 aromatic rings. The molecule has 1 aliphatic heterocycles. The van der Waals surface area contributed by atoms with Crippen molar-refractivity contribution < 1.29 is 38.4 Å². The predicted octanol–water partition coefficient (Wildman–Crippen LogP) is 6.62. The van der Waals surface area contributed by atoms with Crippen molar-refractivity contribution in [1.82, 2.24) is 0 Å². The molecule has 0 aromatic carbocycles. The molecule has 3 unspecified atom stereocenters. The Morgan fingerprint density at radius 2 is 1.88 bits per heavy atom. The largest absolute Gasteiger partial charge is 0.481 e. The Morgan fingerprint density at radius 3 is 2.50 bits per heavy atom. The van der Waals surface area contributed by atoms with E-state index in [1.54, 1.807) is 0 Å². The van der Waals surface area contributed by atoms with Crippen LogP contribution in [0.2, 0.25) is 0 Å². The number of carbonyl (C=O) groups is 3. The summed E-state index contributed by atoms with van der Waals surface area (Å²) in [6, 6.07) is 0. The average molecular weight is 565 g/mol. The van der Waals surface area contributed by atoms with Crippen LogP contribution in [0.3, 0.4) is 0 Å². The van der Waals surface area contributed by atoms with Crippen LogP contribution in [0, 0.1) is 23.2 Å². The number of aliphatic carboxylic acids is 1. The smallest absolute Gasteiger partial charge is 0.303 e. The number of unbranched alkanes of at least 4 members (excludes halogenated alkanes) is 2. The zero-order valence-corrected chi connectivity index (χ0v) is 25.3. The summed E-state index contributed by atoms with van der Waals surface area (Å²) in [5.74, 6) is -1.44. The summed E-state index contributed by atoms with van der Waals surface area (Å²) in [6.45, 7) is 10.5. The molecule has 0 aromatic heterocycles. The molecule has 8 nitrogen and oxygen atoms in total. The fourth-order valence-electron chi connectivity index (χ4n) is 5.81. The Hall–Kier alpha value is -2.19. The average Bonchev–Trinajstić information content (AvgIpc) is 3.21. The SMILES string of the molecule is CCCCC(C)(C)C(/C=C/[C@H]1[C@H](COC(C)=O)CC(OC(C)=O)[C@@H]1C/C=C\CCCC(=O)O)OC1CCCCO1. The van der Waals surface area contributed by atoms with E-state index in [2.05, 4.69) is 39.0 Å². The van der Waals surface area contributed by atoms with Gasteiger partial charge in [-0.2, -0.15) is 0 Å². The summed E-state index contributed by atoms with van der Waals surface area (Å²) in [4.78, 5) is 34.5. The molecule has 1 N–H and O–H groups in total. The van der Waals surface area contributed by atoms with Crippen LogP contribution in [-0.4, -0.2) is 54.7 Å². The zero-order valence-electron chi connectivity index (χ0n) is 25.3. The van der Waals surface area contributed by atoms with Gasteiger partial charge < -0.3 is 24.1 Å². The number of esters is 2. The van der Waals surface area contributed by atoms with E-state index in [1.165, 1.54) is 13.8 Å². The van der Waals surface area contributed by atoms with Gasteiger partial charge in [-0.15, -0.1) is 0 Å². The lowest BCUT2D eigenvalue weighted by Crippen LogP contribution is -2.36. The van der Waals surface area contributed by atoms with Crippen LogP contribution < -0.4 is 0 Å². The lowest BCUT2D eigenvalue weighted by molar-refractivity contribution is -0.197. The number of rotatable bonds is 17. The summed E-state index contributed by atoms with van der Waals surface area (Å²) in [7, 11) is 0. The number of hydrogen-bond acceptors (Lipinski definition) is 7. The minimum Gasteiger partial charge on any atom is -0.481 e. The van der Waals surface area contributed by atoms with Crippen LogP contribution in [-0.2, 0) is 33.3 Å². The number of hydrogen-bond donors (Lipinski definition) is 1. The molecule has 6 atom stereocenters. The van der Waals surface area contributed by atoms with E-state index in [1.807, 2.05) is 6.08 Å². The third kappa shape index (κ3) is 12.1. The zero-order chi connectivity index (χ0) is 29.5. The van der Waals surface area contributed by atoms with Crippen molar-refractivity contribution in [3.63, 3.8) is 0 Å². The van der Waals surface area contributed by atoms with Crippen LogP contribution >= 0.6 is 0 Å². The Bertz CT molecular complexity index is 842. The van der Waals surface area contributed by atoms with E-state index >= 15 is 0 Å². The molecule has 8 heteroatoms. The summed E-state index contributed by atoms with van der Waals surface area (Å²) < 4.78 is 23.7. The Morgan fingerprint density at radius 1 is 1.10 bits per heavy atom. The molecule has 0 amide bonds. The van der Waals surface area contributed by atoms with Gasteiger partial charge in [0.1, 0.15) is 6.10 Å². The molecule has 2 rings (SSSR count). The molecule has 1 saturated carbocycles. The first-order valence-electron chi connectivity index (χ1n) is 15.2. The first kappa shape index (κ1) is 34.0. The molecule has 40 heavy (non-hydrogen) atoms. The third-order valence-corrected chi connectivity index (χ3v) is 8.09. The Balaban J connectivity index is 2.31. The van der Waals surface area contributed by atoms with Crippen molar-refractivity contribution in [2.24, 2.45) is 23.2 Å². The van der Waals surface area contributed by atoms with Crippen molar-refractivity contribution in [3.05, 3.63) is 24.3 Å². The van der Waals surface area contributed by atoms with Crippen molar-refractivity contribution in [2.45, 2.75) is 124 Å². The quantitative estimate of drug-likeness (QED) is 0.119. The first-order valence-corrected chi connectivity index (χ1v) is 15.2. The second kappa shape index (κ2) is 17.6. The molecule has 1 aliphatic carbocycles. The van der Waals surface area contributed by atoms with Gasteiger partial charge in [0.05, 0.1) is 12.7 Å². The monoisotopic (exact) mass is 564 g/mol. The molecule has 0 spiro atoms. The highest BCUT2D eigenvalue weighted by Crippen LogP contribution is 2.43. The first-order chi connectivity index (χ1) is 19.0. The van der Waals surface area contributed by atoms with Gasteiger partial charge in [-0.05, 0) is 62.7 Å². The molecule has 0 bridgehead atoms. The van der Waals surface area contributed by atoms with Gasteiger partial charge in [-0.25, -0.2) is 0 Å². The molecule has 0 radical (unpaired) electrons. The molecule has 2 aliphatic rings. The highest BCUT2D eigenvalue weighted by Gasteiger charge is 2.44. The van der Waals surface area contributed by atoms with E-state index in [0.717, 1.165) is 38.5 Å². The lowest BCUT2D eigenvalue weighted by Gasteiger charge is -2.36.